The van der Waals surface area contributed by atoms with Crippen molar-refractivity contribution in [3.63, 3.8) is 0 Å². The first-order valence-corrected chi connectivity index (χ1v) is 8.65. The molecule has 0 aliphatic rings. The second-order valence-corrected chi connectivity index (χ2v) is 6.43. The van der Waals surface area contributed by atoms with Crippen LogP contribution in [0.5, 0.6) is 11.5 Å². The Kier molecular flexibility index (Phi) is 6.69. The van der Waals surface area contributed by atoms with E-state index in [0.717, 1.165) is 11.1 Å². The molecule has 1 N–H and O–H groups in total. The van der Waals surface area contributed by atoms with Gasteiger partial charge >= 0.3 is 5.97 Å². The van der Waals surface area contributed by atoms with Gasteiger partial charge in [-0.15, -0.1) is 0 Å². The number of aryl methyl sites for hydroxylation is 2. The van der Waals surface area contributed by atoms with E-state index in [1.54, 1.807) is 30.3 Å². The minimum absolute atomic E-state index is 0.303. The number of methoxy groups -OCH3 is 2. The van der Waals surface area contributed by atoms with Crippen LogP contribution in [0.3, 0.4) is 0 Å². The maximum absolute atomic E-state index is 12.4. The highest BCUT2D eigenvalue weighted by Gasteiger charge is 2.21. The molecule has 2 aromatic carbocycles. The topological polar surface area (TPSA) is 73.9 Å². The van der Waals surface area contributed by atoms with Gasteiger partial charge in [-0.1, -0.05) is 17.7 Å². The maximum atomic E-state index is 12.4. The Morgan fingerprint density at radius 3 is 2.30 bits per heavy atom. The molecule has 7 heteroatoms. The number of hydrogen-bond donors (Lipinski definition) is 1. The van der Waals surface area contributed by atoms with Crippen LogP contribution < -0.4 is 14.8 Å². The van der Waals surface area contributed by atoms with Gasteiger partial charge in [0.2, 0.25) is 0 Å². The Hall–Kier alpha value is -2.73. The third-order valence-corrected chi connectivity index (χ3v) is 4.44. The molecule has 0 aliphatic heterocycles. The predicted octanol–water partition coefficient (Wildman–Crippen LogP) is 4.16. The van der Waals surface area contributed by atoms with Crippen LogP contribution in [0.1, 0.15) is 28.4 Å². The first-order chi connectivity index (χ1) is 12.8. The van der Waals surface area contributed by atoms with Crippen molar-refractivity contribution < 1.29 is 23.8 Å². The Morgan fingerprint density at radius 1 is 1.00 bits per heavy atom. The zero-order valence-electron chi connectivity index (χ0n) is 15.9. The summed E-state index contributed by atoms with van der Waals surface area (Å²) in [6, 6.07) is 8.26. The Bertz CT molecular complexity index is 866. The van der Waals surface area contributed by atoms with Gasteiger partial charge in [-0.2, -0.15) is 0 Å². The van der Waals surface area contributed by atoms with Crippen molar-refractivity contribution in [1.82, 2.24) is 0 Å². The molecule has 1 atom stereocenters. The van der Waals surface area contributed by atoms with E-state index in [2.05, 4.69) is 5.32 Å². The predicted molar refractivity (Wildman–Crippen MR) is 104 cm³/mol. The summed E-state index contributed by atoms with van der Waals surface area (Å²) >= 11 is 6.06. The molecule has 27 heavy (non-hydrogen) atoms. The Labute approximate surface area is 163 Å². The monoisotopic (exact) mass is 391 g/mol. The number of benzene rings is 2. The van der Waals surface area contributed by atoms with E-state index in [0.29, 0.717) is 27.8 Å². The highest BCUT2D eigenvalue weighted by Crippen LogP contribution is 2.31. The number of carbonyl (C=O) groups excluding carboxylic acids is 2. The zero-order valence-corrected chi connectivity index (χ0v) is 16.6. The van der Waals surface area contributed by atoms with Crippen molar-refractivity contribution in [2.75, 3.05) is 19.5 Å². The summed E-state index contributed by atoms with van der Waals surface area (Å²) in [6.07, 6.45) is -1.01. The summed E-state index contributed by atoms with van der Waals surface area (Å²) in [5.41, 5.74) is 2.43. The highest BCUT2D eigenvalue weighted by molar-refractivity contribution is 6.31. The molecule has 2 aromatic rings. The third kappa shape index (κ3) is 4.92. The largest absolute Gasteiger partial charge is 0.496 e. The fraction of sp³-hybridized carbons (Fsp3) is 0.300. The Balaban J connectivity index is 2.10. The number of amides is 1. The lowest BCUT2D eigenvalue weighted by atomic mass is 10.1. The van der Waals surface area contributed by atoms with Gasteiger partial charge in [-0.05, 0) is 50.1 Å². The molecule has 0 saturated heterocycles. The average Bonchev–Trinajstić information content (AvgIpc) is 2.64. The van der Waals surface area contributed by atoms with E-state index in [9.17, 15) is 9.59 Å². The smallest absolute Gasteiger partial charge is 0.339 e. The van der Waals surface area contributed by atoms with E-state index >= 15 is 0 Å². The Morgan fingerprint density at radius 2 is 1.67 bits per heavy atom. The second kappa shape index (κ2) is 8.77. The number of hydrogen-bond acceptors (Lipinski definition) is 5. The van der Waals surface area contributed by atoms with Crippen LogP contribution in [-0.2, 0) is 9.53 Å². The molecule has 6 nitrogen and oxygen atoms in total. The van der Waals surface area contributed by atoms with Crippen LogP contribution >= 0.6 is 11.6 Å². The van der Waals surface area contributed by atoms with E-state index in [1.807, 2.05) is 13.8 Å². The number of nitrogens with one attached hydrogen (secondary N) is 1. The summed E-state index contributed by atoms with van der Waals surface area (Å²) in [4.78, 5) is 24.7. The van der Waals surface area contributed by atoms with Crippen LogP contribution in [0.2, 0.25) is 5.02 Å². The lowest BCUT2D eigenvalue weighted by molar-refractivity contribution is -0.123. The molecular weight excluding hydrogens is 370 g/mol. The minimum atomic E-state index is -1.01. The van der Waals surface area contributed by atoms with E-state index in [1.165, 1.54) is 21.1 Å². The first-order valence-electron chi connectivity index (χ1n) is 8.27. The lowest BCUT2D eigenvalue weighted by Crippen LogP contribution is -2.30. The number of esters is 1. The van der Waals surface area contributed by atoms with Gasteiger partial charge in [-0.3, -0.25) is 4.79 Å². The van der Waals surface area contributed by atoms with Crippen molar-refractivity contribution in [3.8, 4) is 11.5 Å². The number of carbonyl (C=O) groups is 2. The highest BCUT2D eigenvalue weighted by atomic mass is 35.5. The van der Waals surface area contributed by atoms with Crippen LogP contribution in [0, 0.1) is 13.8 Å². The van der Waals surface area contributed by atoms with Crippen LogP contribution in [0.4, 0.5) is 5.69 Å². The number of anilines is 1. The fourth-order valence-electron chi connectivity index (χ4n) is 2.39. The molecule has 0 bridgehead atoms. The molecule has 0 fully saturated rings. The normalized spacial score (nSPS) is 11.5. The molecular formula is C20H22ClNO5. The van der Waals surface area contributed by atoms with Gasteiger partial charge < -0.3 is 19.5 Å². The first kappa shape index (κ1) is 20.6. The third-order valence-electron chi connectivity index (χ3n) is 4.04. The molecule has 0 saturated carbocycles. The standard InChI is InChI=1S/C20H22ClNO5/c1-11-6-7-14(9-17(11)25-4)20(24)27-13(3)19(23)22-16-8-12(2)15(21)10-18(16)26-5/h6-10,13H,1-5H3,(H,22,23)/t13-/m0/s1. The van der Waals surface area contributed by atoms with E-state index in [4.69, 9.17) is 25.8 Å². The SMILES string of the molecule is COc1cc(C(=O)O[C@@H](C)C(=O)Nc2cc(C)c(Cl)cc2OC)ccc1C. The van der Waals surface area contributed by atoms with Crippen LogP contribution in [0.15, 0.2) is 30.3 Å². The molecule has 0 aliphatic carbocycles. The molecule has 1 amide bonds. The van der Waals surface area contributed by atoms with Gasteiger partial charge in [0, 0.05) is 11.1 Å². The number of rotatable bonds is 6. The van der Waals surface area contributed by atoms with E-state index in [-0.39, 0.29) is 0 Å². The van der Waals surface area contributed by atoms with E-state index < -0.39 is 18.0 Å². The molecule has 0 heterocycles. The van der Waals surface area contributed by atoms with Crippen molar-refractivity contribution >= 4 is 29.2 Å². The van der Waals surface area contributed by atoms with Gasteiger partial charge in [0.1, 0.15) is 11.5 Å². The van der Waals surface area contributed by atoms with Crippen molar-refractivity contribution in [2.24, 2.45) is 0 Å². The zero-order chi connectivity index (χ0) is 20.1. The summed E-state index contributed by atoms with van der Waals surface area (Å²) < 4.78 is 15.7. The number of halogens is 1. The summed E-state index contributed by atoms with van der Waals surface area (Å²) in [5, 5.41) is 3.22. The van der Waals surface area contributed by atoms with Gasteiger partial charge in [-0.25, -0.2) is 4.79 Å². The summed E-state index contributed by atoms with van der Waals surface area (Å²) in [7, 11) is 3.00. The summed E-state index contributed by atoms with van der Waals surface area (Å²) in [6.45, 7) is 5.17. The molecule has 0 spiro atoms. The van der Waals surface area contributed by atoms with Gasteiger partial charge in [0.25, 0.3) is 5.91 Å². The van der Waals surface area contributed by atoms with Crippen LogP contribution in [0.25, 0.3) is 0 Å². The maximum Gasteiger partial charge on any atom is 0.339 e. The quantitative estimate of drug-likeness (QED) is 0.748. The van der Waals surface area contributed by atoms with Gasteiger partial charge in [0.05, 0.1) is 25.5 Å². The molecule has 0 aromatic heterocycles. The van der Waals surface area contributed by atoms with Crippen molar-refractivity contribution in [2.45, 2.75) is 26.9 Å². The van der Waals surface area contributed by atoms with Crippen molar-refractivity contribution in [1.29, 1.82) is 0 Å². The second-order valence-electron chi connectivity index (χ2n) is 6.02. The lowest BCUT2D eigenvalue weighted by Gasteiger charge is -2.16. The van der Waals surface area contributed by atoms with Gasteiger partial charge in [0.15, 0.2) is 6.10 Å². The molecule has 2 rings (SSSR count). The summed E-state index contributed by atoms with van der Waals surface area (Å²) in [5.74, 6) is -0.110. The number of ether oxygens (including phenoxy) is 3. The van der Waals surface area contributed by atoms with Crippen LogP contribution in [-0.4, -0.2) is 32.2 Å². The molecule has 0 radical (unpaired) electrons. The molecule has 0 unspecified atom stereocenters. The molecule has 144 valence electrons. The fourth-order valence-corrected chi connectivity index (χ4v) is 2.55. The minimum Gasteiger partial charge on any atom is -0.496 e. The van der Waals surface area contributed by atoms with Crippen molar-refractivity contribution in [3.05, 3.63) is 52.0 Å². The average molecular weight is 392 g/mol.